The smallest absolute Gasteiger partial charge is 0.248 e. The van der Waals surface area contributed by atoms with Gasteiger partial charge in [0, 0.05) is 25.2 Å². The molecule has 0 aliphatic carbocycles. The Kier molecular flexibility index (Phi) is 4.68. The first-order valence-electron chi connectivity index (χ1n) is 6.99. The van der Waals surface area contributed by atoms with Crippen molar-refractivity contribution in [3.05, 3.63) is 35.4 Å². The van der Waals surface area contributed by atoms with E-state index in [9.17, 15) is 4.79 Å². The molecular weight excluding hydrogens is 274 g/mol. The average Bonchev–Trinajstić information content (AvgIpc) is 3.01. The Balaban J connectivity index is 0.00000147. The number of nitrogens with zero attached hydrogens (tertiary/aromatic N) is 1. The molecule has 5 heteroatoms. The van der Waals surface area contributed by atoms with Crippen LogP contribution >= 0.6 is 12.4 Å². The third-order valence-electron chi connectivity index (χ3n) is 4.49. The van der Waals surface area contributed by atoms with Gasteiger partial charge in [0.05, 0.1) is 0 Å². The maximum absolute atomic E-state index is 11.0. The van der Waals surface area contributed by atoms with Crippen LogP contribution in [-0.2, 0) is 6.54 Å². The van der Waals surface area contributed by atoms with E-state index in [4.69, 9.17) is 5.73 Å². The summed E-state index contributed by atoms with van der Waals surface area (Å²) in [6.07, 6.45) is 2.61. The minimum atomic E-state index is -0.358. The van der Waals surface area contributed by atoms with Crippen LogP contribution in [-0.4, -0.2) is 37.0 Å². The van der Waals surface area contributed by atoms with Crippen LogP contribution in [0.4, 0.5) is 0 Å². The number of likely N-dealkylation sites (tertiary alicyclic amines) is 1. The normalized spacial score (nSPS) is 25.8. The Labute approximate surface area is 126 Å². The van der Waals surface area contributed by atoms with Gasteiger partial charge in [0.2, 0.25) is 5.91 Å². The van der Waals surface area contributed by atoms with Crippen LogP contribution in [0.25, 0.3) is 0 Å². The van der Waals surface area contributed by atoms with E-state index in [0.29, 0.717) is 11.0 Å². The first-order valence-corrected chi connectivity index (χ1v) is 6.99. The fourth-order valence-electron chi connectivity index (χ4n) is 3.34. The van der Waals surface area contributed by atoms with Gasteiger partial charge in [0.15, 0.2) is 0 Å². The van der Waals surface area contributed by atoms with E-state index < -0.39 is 0 Å². The molecule has 3 rings (SSSR count). The number of rotatable bonds is 3. The van der Waals surface area contributed by atoms with Gasteiger partial charge in [-0.3, -0.25) is 9.69 Å². The Hall–Kier alpha value is -1.10. The van der Waals surface area contributed by atoms with E-state index >= 15 is 0 Å². The van der Waals surface area contributed by atoms with E-state index in [1.54, 1.807) is 0 Å². The number of primary amides is 1. The number of benzene rings is 1. The molecule has 2 saturated heterocycles. The summed E-state index contributed by atoms with van der Waals surface area (Å²) in [6, 6.07) is 7.66. The first kappa shape index (κ1) is 15.3. The highest BCUT2D eigenvalue weighted by Gasteiger charge is 2.39. The molecule has 0 radical (unpaired) electrons. The van der Waals surface area contributed by atoms with Crippen molar-refractivity contribution in [3.8, 4) is 0 Å². The number of carbonyl (C=O) groups is 1. The number of hydrogen-bond donors (Lipinski definition) is 2. The summed E-state index contributed by atoms with van der Waals surface area (Å²) in [6.45, 7) is 5.68. The Morgan fingerprint density at radius 3 is 2.65 bits per heavy atom. The predicted octanol–water partition coefficient (Wildman–Crippen LogP) is 1.39. The summed E-state index contributed by atoms with van der Waals surface area (Å²) in [5.41, 5.74) is 7.61. The average molecular weight is 296 g/mol. The molecule has 1 aromatic rings. The quantitative estimate of drug-likeness (QED) is 0.886. The molecule has 1 aromatic carbocycles. The second kappa shape index (κ2) is 6.12. The molecule has 20 heavy (non-hydrogen) atoms. The fraction of sp³-hybridized carbons (Fsp3) is 0.533. The van der Waals surface area contributed by atoms with Gasteiger partial charge in [-0.15, -0.1) is 12.4 Å². The van der Waals surface area contributed by atoms with Crippen molar-refractivity contribution in [1.29, 1.82) is 0 Å². The lowest BCUT2D eigenvalue weighted by Crippen LogP contribution is -2.28. The summed E-state index contributed by atoms with van der Waals surface area (Å²) >= 11 is 0. The van der Waals surface area contributed by atoms with Crippen LogP contribution in [0.15, 0.2) is 24.3 Å². The first-order chi connectivity index (χ1) is 9.17. The third kappa shape index (κ3) is 3.14. The summed E-state index contributed by atoms with van der Waals surface area (Å²) in [5.74, 6) is -0.358. The Morgan fingerprint density at radius 2 is 2.05 bits per heavy atom. The SMILES string of the molecule is Cl.NC(=O)c1ccc(CN2CCC3(CCNC3)C2)cc1. The van der Waals surface area contributed by atoms with E-state index in [1.807, 2.05) is 24.3 Å². The molecule has 2 heterocycles. The topological polar surface area (TPSA) is 58.4 Å². The molecule has 1 amide bonds. The number of hydrogen-bond acceptors (Lipinski definition) is 3. The van der Waals surface area contributed by atoms with E-state index in [-0.39, 0.29) is 18.3 Å². The van der Waals surface area contributed by atoms with Crippen molar-refractivity contribution in [2.24, 2.45) is 11.1 Å². The van der Waals surface area contributed by atoms with E-state index in [2.05, 4.69) is 10.2 Å². The van der Waals surface area contributed by atoms with Crippen LogP contribution < -0.4 is 11.1 Å². The Morgan fingerprint density at radius 1 is 1.30 bits per heavy atom. The third-order valence-corrected chi connectivity index (χ3v) is 4.49. The molecule has 1 spiro atoms. The second-order valence-corrected chi connectivity index (χ2v) is 5.95. The highest BCUT2D eigenvalue weighted by atomic mass is 35.5. The van der Waals surface area contributed by atoms with Crippen molar-refractivity contribution in [2.75, 3.05) is 26.2 Å². The zero-order valence-corrected chi connectivity index (χ0v) is 12.4. The Bertz CT molecular complexity index is 469. The number of nitrogens with one attached hydrogen (secondary N) is 1. The minimum Gasteiger partial charge on any atom is -0.366 e. The molecule has 1 atom stereocenters. The van der Waals surface area contributed by atoms with Crippen LogP contribution in [0.1, 0.15) is 28.8 Å². The molecule has 110 valence electrons. The van der Waals surface area contributed by atoms with Gasteiger partial charge in [-0.25, -0.2) is 0 Å². The molecule has 3 N–H and O–H groups in total. The standard InChI is InChI=1S/C15H21N3O.ClH/c16-14(19)13-3-1-12(2-4-13)9-18-8-6-15(11-18)5-7-17-10-15;/h1-4,17H,5-11H2,(H2,16,19);1H. The lowest BCUT2D eigenvalue weighted by atomic mass is 9.86. The van der Waals surface area contributed by atoms with Crippen LogP contribution in [0.2, 0.25) is 0 Å². The minimum absolute atomic E-state index is 0. The zero-order chi connectivity index (χ0) is 13.3. The molecule has 0 bridgehead atoms. The number of nitrogens with two attached hydrogens (primary N) is 1. The molecule has 0 aromatic heterocycles. The van der Waals surface area contributed by atoms with Crippen molar-refractivity contribution < 1.29 is 4.79 Å². The van der Waals surface area contributed by atoms with Gasteiger partial charge in [-0.2, -0.15) is 0 Å². The van der Waals surface area contributed by atoms with Crippen LogP contribution in [0.3, 0.4) is 0 Å². The molecule has 1 unspecified atom stereocenters. The van der Waals surface area contributed by atoms with Gasteiger partial charge in [0.25, 0.3) is 0 Å². The number of halogens is 1. The summed E-state index contributed by atoms with van der Waals surface area (Å²) in [5, 5.41) is 3.48. The molecule has 2 aliphatic heterocycles. The zero-order valence-electron chi connectivity index (χ0n) is 11.6. The summed E-state index contributed by atoms with van der Waals surface area (Å²) < 4.78 is 0. The monoisotopic (exact) mass is 295 g/mol. The highest BCUT2D eigenvalue weighted by molar-refractivity contribution is 5.92. The van der Waals surface area contributed by atoms with Gasteiger partial charge < -0.3 is 11.1 Å². The lowest BCUT2D eigenvalue weighted by molar-refractivity contribution is 0.100. The molecule has 2 fully saturated rings. The van der Waals surface area contributed by atoms with Crippen molar-refractivity contribution in [1.82, 2.24) is 10.2 Å². The lowest BCUT2D eigenvalue weighted by Gasteiger charge is -2.22. The fourth-order valence-corrected chi connectivity index (χ4v) is 3.34. The van der Waals surface area contributed by atoms with Crippen molar-refractivity contribution in [3.63, 3.8) is 0 Å². The van der Waals surface area contributed by atoms with Gasteiger partial charge in [-0.05, 0) is 49.0 Å². The summed E-state index contributed by atoms with van der Waals surface area (Å²) in [4.78, 5) is 13.6. The largest absolute Gasteiger partial charge is 0.366 e. The van der Waals surface area contributed by atoms with Gasteiger partial charge >= 0.3 is 0 Å². The second-order valence-electron chi connectivity index (χ2n) is 5.95. The van der Waals surface area contributed by atoms with E-state index in [1.165, 1.54) is 44.6 Å². The van der Waals surface area contributed by atoms with Crippen molar-refractivity contribution in [2.45, 2.75) is 19.4 Å². The predicted molar refractivity (Wildman–Crippen MR) is 82.0 cm³/mol. The van der Waals surface area contributed by atoms with Crippen LogP contribution in [0.5, 0.6) is 0 Å². The molecule has 4 nitrogen and oxygen atoms in total. The molecule has 0 saturated carbocycles. The van der Waals surface area contributed by atoms with Gasteiger partial charge in [0.1, 0.15) is 0 Å². The molecular formula is C15H22ClN3O. The summed E-state index contributed by atoms with van der Waals surface area (Å²) in [7, 11) is 0. The maximum Gasteiger partial charge on any atom is 0.248 e. The molecule has 2 aliphatic rings. The maximum atomic E-state index is 11.0. The van der Waals surface area contributed by atoms with E-state index in [0.717, 1.165) is 6.54 Å². The highest BCUT2D eigenvalue weighted by Crippen LogP contribution is 2.36. The van der Waals surface area contributed by atoms with Crippen molar-refractivity contribution >= 4 is 18.3 Å². The number of amides is 1. The number of carbonyl (C=O) groups excluding carboxylic acids is 1. The van der Waals surface area contributed by atoms with Gasteiger partial charge in [-0.1, -0.05) is 12.1 Å². The van der Waals surface area contributed by atoms with Crippen LogP contribution in [0, 0.1) is 5.41 Å².